The number of hydrogen-bond acceptors (Lipinski definition) is 7. The van der Waals surface area contributed by atoms with Crippen LogP contribution in [0.1, 0.15) is 25.2 Å². The van der Waals surface area contributed by atoms with Crippen LogP contribution in [0.15, 0.2) is 48.0 Å². The third-order valence-electron chi connectivity index (χ3n) is 4.55. The van der Waals surface area contributed by atoms with Gasteiger partial charge in [-0.25, -0.2) is 15.0 Å². The molecule has 0 atom stereocenters. The summed E-state index contributed by atoms with van der Waals surface area (Å²) in [7, 11) is 1.62. The molecule has 0 fully saturated rings. The number of nitrogens with zero attached hydrogens (tertiary/aromatic N) is 3. The van der Waals surface area contributed by atoms with Gasteiger partial charge in [0, 0.05) is 18.0 Å². The van der Waals surface area contributed by atoms with Crippen molar-refractivity contribution in [3.8, 4) is 27.7 Å². The van der Waals surface area contributed by atoms with E-state index in [0.29, 0.717) is 17.4 Å². The number of methoxy groups -OCH3 is 1. The van der Waals surface area contributed by atoms with E-state index in [4.69, 9.17) is 4.74 Å². The lowest BCUT2D eigenvalue weighted by molar-refractivity contribution is 0.0739. The van der Waals surface area contributed by atoms with Crippen LogP contribution in [0.5, 0.6) is 5.75 Å². The number of aryl methyl sites for hydroxylation is 1. The maximum Gasteiger partial charge on any atom is 0.228 e. The first-order valence-electron chi connectivity index (χ1n) is 9.47. The van der Waals surface area contributed by atoms with Crippen LogP contribution in [-0.4, -0.2) is 32.2 Å². The van der Waals surface area contributed by atoms with Gasteiger partial charge in [-0.05, 0) is 50.4 Å². The molecule has 0 aliphatic heterocycles. The normalized spacial score (nSPS) is 11.5. The van der Waals surface area contributed by atoms with Gasteiger partial charge in [0.1, 0.15) is 17.2 Å². The van der Waals surface area contributed by atoms with Crippen LogP contribution in [0.3, 0.4) is 0 Å². The molecule has 3 aromatic heterocycles. The minimum atomic E-state index is -1.09. The van der Waals surface area contributed by atoms with E-state index in [2.05, 4.69) is 25.3 Å². The summed E-state index contributed by atoms with van der Waals surface area (Å²) < 4.78 is 5.57. The molecule has 4 rings (SSSR count). The van der Waals surface area contributed by atoms with Crippen molar-refractivity contribution < 1.29 is 9.84 Å². The highest BCUT2D eigenvalue weighted by molar-refractivity contribution is 7.13. The fourth-order valence-electron chi connectivity index (χ4n) is 3.01. The average Bonchev–Trinajstić information content (AvgIpc) is 3.39. The Morgan fingerprint density at radius 3 is 2.60 bits per heavy atom. The number of H-pyrrole nitrogens is 1. The van der Waals surface area contributed by atoms with Crippen molar-refractivity contribution in [2.45, 2.75) is 26.4 Å². The first kappa shape index (κ1) is 20.1. The smallest absolute Gasteiger partial charge is 0.228 e. The molecule has 0 spiro atoms. The molecule has 3 heterocycles. The van der Waals surface area contributed by atoms with Gasteiger partial charge in [0.2, 0.25) is 5.95 Å². The molecule has 0 aliphatic carbocycles. The molecule has 3 N–H and O–H groups in total. The second-order valence-corrected chi connectivity index (χ2v) is 8.38. The predicted octanol–water partition coefficient (Wildman–Crippen LogP) is 4.88. The molecular formula is C22H23N5O2S. The maximum atomic E-state index is 10.5. The summed E-state index contributed by atoms with van der Waals surface area (Å²) in [6, 6.07) is 11.5. The summed E-state index contributed by atoms with van der Waals surface area (Å²) in [6.07, 6.45) is 1.85. The van der Waals surface area contributed by atoms with E-state index in [9.17, 15) is 5.11 Å². The number of nitrogens with one attached hydrogen (secondary N) is 2. The molecule has 0 radical (unpaired) electrons. The van der Waals surface area contributed by atoms with Crippen molar-refractivity contribution in [3.05, 3.63) is 59.4 Å². The van der Waals surface area contributed by atoms with Gasteiger partial charge in [-0.15, -0.1) is 11.3 Å². The van der Waals surface area contributed by atoms with Crippen molar-refractivity contribution in [1.82, 2.24) is 19.9 Å². The lowest BCUT2D eigenvalue weighted by Gasteiger charge is -2.18. The van der Waals surface area contributed by atoms with E-state index in [1.807, 2.05) is 54.9 Å². The maximum absolute atomic E-state index is 10.5. The Morgan fingerprint density at radius 1 is 1.13 bits per heavy atom. The number of benzene rings is 1. The molecular weight excluding hydrogens is 398 g/mol. The largest absolute Gasteiger partial charge is 0.496 e. The molecule has 7 nitrogen and oxygen atoms in total. The third-order valence-corrected chi connectivity index (χ3v) is 5.44. The van der Waals surface area contributed by atoms with Gasteiger partial charge in [0.15, 0.2) is 0 Å². The third kappa shape index (κ3) is 4.19. The first-order valence-corrected chi connectivity index (χ1v) is 10.3. The minimum Gasteiger partial charge on any atom is -0.496 e. The highest BCUT2D eigenvalue weighted by Gasteiger charge is 2.21. The molecule has 154 valence electrons. The molecule has 0 bridgehead atoms. The van der Waals surface area contributed by atoms with Crippen LogP contribution in [-0.2, 0) is 5.60 Å². The molecule has 0 unspecified atom stereocenters. The van der Waals surface area contributed by atoms with E-state index in [1.165, 1.54) is 0 Å². The van der Waals surface area contributed by atoms with E-state index in [-0.39, 0.29) is 0 Å². The van der Waals surface area contributed by atoms with Crippen molar-refractivity contribution >= 4 is 23.0 Å². The standard InChI is InChI=1S/C22H23N5O2S/c1-13-12-23-20(24-13)15-8-7-14(10-17(15)29-4)25-21-26-16(18-6-5-9-30-18)11-19(27-21)22(2,3)28/h5-12,28H,1-4H3,(H,23,24)(H,25,26,27). The van der Waals surface area contributed by atoms with E-state index in [1.54, 1.807) is 32.3 Å². The number of anilines is 2. The predicted molar refractivity (Wildman–Crippen MR) is 119 cm³/mol. The fourth-order valence-corrected chi connectivity index (χ4v) is 3.70. The number of aromatic nitrogens is 4. The summed E-state index contributed by atoms with van der Waals surface area (Å²) in [6.45, 7) is 5.35. The van der Waals surface area contributed by atoms with Gasteiger partial charge in [-0.1, -0.05) is 6.07 Å². The quantitative estimate of drug-likeness (QED) is 0.410. The number of aliphatic hydroxyl groups is 1. The molecule has 4 aromatic rings. The van der Waals surface area contributed by atoms with E-state index in [0.717, 1.165) is 33.3 Å². The van der Waals surface area contributed by atoms with Gasteiger partial charge >= 0.3 is 0 Å². The van der Waals surface area contributed by atoms with Crippen LogP contribution < -0.4 is 10.1 Å². The first-order chi connectivity index (χ1) is 14.3. The van der Waals surface area contributed by atoms with Gasteiger partial charge in [0.25, 0.3) is 0 Å². The number of rotatable bonds is 6. The fraction of sp³-hybridized carbons (Fsp3) is 0.227. The van der Waals surface area contributed by atoms with Gasteiger partial charge in [-0.2, -0.15) is 0 Å². The zero-order valence-electron chi connectivity index (χ0n) is 17.2. The lowest BCUT2D eigenvalue weighted by atomic mass is 10.0. The Bertz CT molecular complexity index is 1160. The number of thiophene rings is 1. The Balaban J connectivity index is 1.71. The van der Waals surface area contributed by atoms with Crippen molar-refractivity contribution in [2.75, 3.05) is 12.4 Å². The summed E-state index contributed by atoms with van der Waals surface area (Å²) in [5.74, 6) is 1.82. The van der Waals surface area contributed by atoms with Crippen LogP contribution in [0, 0.1) is 6.92 Å². The highest BCUT2D eigenvalue weighted by atomic mass is 32.1. The van der Waals surface area contributed by atoms with Gasteiger partial charge < -0.3 is 20.1 Å². The second kappa shape index (κ2) is 7.89. The number of aromatic amines is 1. The van der Waals surface area contributed by atoms with Gasteiger partial charge in [-0.3, -0.25) is 0 Å². The summed E-state index contributed by atoms with van der Waals surface area (Å²) >= 11 is 1.59. The van der Waals surface area contributed by atoms with E-state index < -0.39 is 5.60 Å². The lowest BCUT2D eigenvalue weighted by Crippen LogP contribution is -2.19. The number of imidazole rings is 1. The van der Waals surface area contributed by atoms with Crippen LogP contribution in [0.2, 0.25) is 0 Å². The Hall–Kier alpha value is -3.23. The zero-order chi connectivity index (χ0) is 21.3. The number of hydrogen-bond donors (Lipinski definition) is 3. The number of ether oxygens (including phenoxy) is 1. The molecule has 0 amide bonds. The molecule has 8 heteroatoms. The molecule has 0 aliphatic rings. The topological polar surface area (TPSA) is 95.9 Å². The Kier molecular flexibility index (Phi) is 5.27. The average molecular weight is 422 g/mol. The highest BCUT2D eigenvalue weighted by Crippen LogP contribution is 2.33. The molecule has 30 heavy (non-hydrogen) atoms. The zero-order valence-corrected chi connectivity index (χ0v) is 18.0. The molecule has 0 saturated carbocycles. The van der Waals surface area contributed by atoms with Crippen LogP contribution >= 0.6 is 11.3 Å². The molecule has 0 saturated heterocycles. The summed E-state index contributed by atoms with van der Waals surface area (Å²) in [4.78, 5) is 17.8. The van der Waals surface area contributed by atoms with Crippen molar-refractivity contribution in [3.63, 3.8) is 0 Å². The van der Waals surface area contributed by atoms with Crippen molar-refractivity contribution in [2.24, 2.45) is 0 Å². The Labute approximate surface area is 178 Å². The van der Waals surface area contributed by atoms with Crippen LogP contribution in [0.25, 0.3) is 22.0 Å². The SMILES string of the molecule is COc1cc(Nc2nc(-c3cccs3)cc(C(C)(C)O)n2)ccc1-c1nc(C)c[nH]1. The van der Waals surface area contributed by atoms with E-state index >= 15 is 0 Å². The molecule has 1 aromatic carbocycles. The Morgan fingerprint density at radius 2 is 1.97 bits per heavy atom. The van der Waals surface area contributed by atoms with Gasteiger partial charge in [0.05, 0.1) is 34.6 Å². The van der Waals surface area contributed by atoms with Crippen LogP contribution in [0.4, 0.5) is 11.6 Å². The minimum absolute atomic E-state index is 0.404. The second-order valence-electron chi connectivity index (χ2n) is 7.43. The summed E-state index contributed by atoms with van der Waals surface area (Å²) in [5.41, 5.74) is 2.74. The summed E-state index contributed by atoms with van der Waals surface area (Å²) in [5, 5.41) is 15.7. The monoisotopic (exact) mass is 421 g/mol. The van der Waals surface area contributed by atoms with Crippen molar-refractivity contribution in [1.29, 1.82) is 0 Å².